The molecule has 2 rings (SSSR count). The van der Waals surface area contributed by atoms with E-state index < -0.39 is 0 Å². The first-order chi connectivity index (χ1) is 8.09. The summed E-state index contributed by atoms with van der Waals surface area (Å²) in [6.07, 6.45) is 4.05. The van der Waals surface area contributed by atoms with Crippen molar-refractivity contribution in [3.63, 3.8) is 0 Å². The minimum absolute atomic E-state index is 0.479. The molecule has 0 aromatic carbocycles. The summed E-state index contributed by atoms with van der Waals surface area (Å²) in [6.45, 7) is 6.49. The Morgan fingerprint density at radius 3 is 2.59 bits per heavy atom. The molecule has 0 atom stereocenters. The molecular formula is C15H19N2+. The van der Waals surface area contributed by atoms with Gasteiger partial charge < -0.3 is 0 Å². The van der Waals surface area contributed by atoms with Crippen molar-refractivity contribution in [3.8, 4) is 11.3 Å². The zero-order valence-corrected chi connectivity index (χ0v) is 10.9. The molecule has 0 radical (unpaired) electrons. The van der Waals surface area contributed by atoms with Crippen molar-refractivity contribution in [1.29, 1.82) is 0 Å². The van der Waals surface area contributed by atoms with Crippen LogP contribution in [-0.4, -0.2) is 4.98 Å². The third kappa shape index (κ3) is 2.36. The van der Waals surface area contributed by atoms with Gasteiger partial charge in [-0.2, -0.15) is 0 Å². The number of aromatic nitrogens is 2. The van der Waals surface area contributed by atoms with Crippen LogP contribution in [0.5, 0.6) is 0 Å². The van der Waals surface area contributed by atoms with E-state index in [1.54, 1.807) is 0 Å². The lowest BCUT2D eigenvalue weighted by atomic mass is 10.0. The Morgan fingerprint density at radius 2 is 2.00 bits per heavy atom. The van der Waals surface area contributed by atoms with E-state index in [2.05, 4.69) is 61.8 Å². The van der Waals surface area contributed by atoms with Crippen LogP contribution in [0.25, 0.3) is 11.3 Å². The van der Waals surface area contributed by atoms with Crippen LogP contribution in [0.3, 0.4) is 0 Å². The molecule has 2 heteroatoms. The zero-order chi connectivity index (χ0) is 12.4. The van der Waals surface area contributed by atoms with Crippen LogP contribution in [0.2, 0.25) is 0 Å². The number of pyridine rings is 2. The van der Waals surface area contributed by atoms with Crippen molar-refractivity contribution in [1.82, 2.24) is 4.98 Å². The van der Waals surface area contributed by atoms with Crippen molar-refractivity contribution in [2.45, 2.75) is 26.7 Å². The van der Waals surface area contributed by atoms with Gasteiger partial charge in [-0.3, -0.25) is 4.98 Å². The zero-order valence-electron chi connectivity index (χ0n) is 10.9. The molecule has 88 valence electrons. The van der Waals surface area contributed by atoms with Gasteiger partial charge in [0.15, 0.2) is 6.20 Å². The number of hydrogen-bond acceptors (Lipinski definition) is 1. The molecule has 0 aliphatic carbocycles. The number of aryl methyl sites for hydroxylation is 2. The van der Waals surface area contributed by atoms with Gasteiger partial charge in [0.05, 0.1) is 5.56 Å². The summed E-state index contributed by atoms with van der Waals surface area (Å²) < 4.78 is 2.12. The highest BCUT2D eigenvalue weighted by molar-refractivity contribution is 5.59. The van der Waals surface area contributed by atoms with E-state index in [4.69, 9.17) is 0 Å². The Kier molecular flexibility index (Phi) is 3.23. The monoisotopic (exact) mass is 227 g/mol. The topological polar surface area (TPSA) is 16.8 Å². The molecule has 2 heterocycles. The highest BCUT2D eigenvalue weighted by Gasteiger charge is 2.13. The second-order valence-corrected chi connectivity index (χ2v) is 4.78. The molecule has 17 heavy (non-hydrogen) atoms. The molecule has 0 aliphatic heterocycles. The summed E-state index contributed by atoms with van der Waals surface area (Å²) in [5.41, 5.74) is 4.85. The lowest BCUT2D eigenvalue weighted by Crippen LogP contribution is -2.30. The molecular weight excluding hydrogens is 208 g/mol. The molecule has 0 fully saturated rings. The summed E-state index contributed by atoms with van der Waals surface area (Å²) in [6, 6.07) is 8.41. The molecule has 2 nitrogen and oxygen atoms in total. The maximum absolute atomic E-state index is 4.54. The van der Waals surface area contributed by atoms with Gasteiger partial charge in [0, 0.05) is 24.0 Å². The summed E-state index contributed by atoms with van der Waals surface area (Å²) >= 11 is 0. The van der Waals surface area contributed by atoms with Crippen LogP contribution in [0.15, 0.2) is 36.7 Å². The van der Waals surface area contributed by atoms with Crippen LogP contribution in [0.1, 0.15) is 31.0 Å². The van der Waals surface area contributed by atoms with Crippen molar-refractivity contribution in [3.05, 3.63) is 47.9 Å². The van der Waals surface area contributed by atoms with Crippen LogP contribution < -0.4 is 4.57 Å². The highest BCUT2D eigenvalue weighted by Crippen LogP contribution is 2.22. The second-order valence-electron chi connectivity index (χ2n) is 4.78. The first kappa shape index (κ1) is 11.8. The maximum Gasteiger partial charge on any atom is 0.214 e. The van der Waals surface area contributed by atoms with E-state index >= 15 is 0 Å². The van der Waals surface area contributed by atoms with E-state index in [0.29, 0.717) is 5.92 Å². The fourth-order valence-corrected chi connectivity index (χ4v) is 1.96. The summed E-state index contributed by atoms with van der Waals surface area (Å²) in [5.74, 6) is 0.479. The highest BCUT2D eigenvalue weighted by atomic mass is 14.9. The lowest BCUT2D eigenvalue weighted by Gasteiger charge is -2.08. The Morgan fingerprint density at radius 1 is 1.24 bits per heavy atom. The molecule has 0 spiro atoms. The third-order valence-corrected chi connectivity index (χ3v) is 3.05. The Balaban J connectivity index is 2.51. The molecule has 0 aliphatic rings. The van der Waals surface area contributed by atoms with Gasteiger partial charge in [-0.05, 0) is 30.5 Å². The van der Waals surface area contributed by atoms with E-state index in [1.165, 1.54) is 16.8 Å². The standard InChI is InChI=1S/C15H19N2/c1-11(2)14-9-12(3)13(10-16-14)15-7-5-6-8-17(15)4/h5-11H,1-4H3/q+1. The normalized spacial score (nSPS) is 10.9. The van der Waals surface area contributed by atoms with Crippen LogP contribution >= 0.6 is 0 Å². The summed E-state index contributed by atoms with van der Waals surface area (Å²) in [7, 11) is 2.06. The van der Waals surface area contributed by atoms with Gasteiger partial charge in [0.1, 0.15) is 7.05 Å². The number of rotatable bonds is 2. The number of nitrogens with zero attached hydrogens (tertiary/aromatic N) is 2. The summed E-state index contributed by atoms with van der Waals surface area (Å²) in [4.78, 5) is 4.54. The molecule has 0 saturated heterocycles. The van der Waals surface area contributed by atoms with E-state index in [1.807, 2.05) is 12.3 Å². The molecule has 0 unspecified atom stereocenters. The Bertz CT molecular complexity index is 530. The van der Waals surface area contributed by atoms with Gasteiger partial charge in [-0.1, -0.05) is 13.8 Å². The smallest absolute Gasteiger partial charge is 0.214 e. The maximum atomic E-state index is 4.54. The average molecular weight is 227 g/mol. The minimum atomic E-state index is 0.479. The van der Waals surface area contributed by atoms with Crippen molar-refractivity contribution < 1.29 is 4.57 Å². The molecule has 0 amide bonds. The first-order valence-corrected chi connectivity index (χ1v) is 6.01. The predicted molar refractivity (Wildman–Crippen MR) is 69.7 cm³/mol. The van der Waals surface area contributed by atoms with Crippen molar-refractivity contribution in [2.75, 3.05) is 0 Å². The number of hydrogen-bond donors (Lipinski definition) is 0. The quantitative estimate of drug-likeness (QED) is 0.721. The van der Waals surface area contributed by atoms with E-state index in [0.717, 1.165) is 5.69 Å². The van der Waals surface area contributed by atoms with Crippen LogP contribution in [-0.2, 0) is 7.05 Å². The Labute approximate surface area is 103 Å². The third-order valence-electron chi connectivity index (χ3n) is 3.05. The van der Waals surface area contributed by atoms with Crippen LogP contribution in [0.4, 0.5) is 0 Å². The average Bonchev–Trinajstić information content (AvgIpc) is 2.30. The molecule has 0 saturated carbocycles. The van der Waals surface area contributed by atoms with Crippen LogP contribution in [0, 0.1) is 6.92 Å². The van der Waals surface area contributed by atoms with Crippen molar-refractivity contribution in [2.24, 2.45) is 7.05 Å². The molecule has 0 N–H and O–H groups in total. The second kappa shape index (κ2) is 4.66. The fourth-order valence-electron chi connectivity index (χ4n) is 1.96. The van der Waals surface area contributed by atoms with Gasteiger partial charge >= 0.3 is 0 Å². The van der Waals surface area contributed by atoms with Gasteiger partial charge in [-0.25, -0.2) is 4.57 Å². The van der Waals surface area contributed by atoms with E-state index in [9.17, 15) is 0 Å². The van der Waals surface area contributed by atoms with E-state index in [-0.39, 0.29) is 0 Å². The molecule has 2 aromatic heterocycles. The predicted octanol–water partition coefficient (Wildman–Crippen LogP) is 3.00. The molecule has 0 bridgehead atoms. The van der Waals surface area contributed by atoms with Gasteiger partial charge in [-0.15, -0.1) is 0 Å². The molecule has 2 aromatic rings. The summed E-state index contributed by atoms with van der Waals surface area (Å²) in [5, 5.41) is 0. The largest absolute Gasteiger partial charge is 0.260 e. The fraction of sp³-hybridized carbons (Fsp3) is 0.333. The van der Waals surface area contributed by atoms with Gasteiger partial charge in [0.25, 0.3) is 0 Å². The Hall–Kier alpha value is -1.70. The van der Waals surface area contributed by atoms with Crippen molar-refractivity contribution >= 4 is 0 Å². The first-order valence-electron chi connectivity index (χ1n) is 6.01. The lowest BCUT2D eigenvalue weighted by molar-refractivity contribution is -0.660. The minimum Gasteiger partial charge on any atom is -0.260 e. The van der Waals surface area contributed by atoms with Gasteiger partial charge in [0.2, 0.25) is 5.69 Å². The SMILES string of the molecule is Cc1cc(C(C)C)ncc1-c1cccc[n+]1C.